The maximum Gasteiger partial charge on any atom is 0.289 e. The predicted molar refractivity (Wildman–Crippen MR) is 78.8 cm³/mol. The molecule has 0 spiro atoms. The fourth-order valence-electron chi connectivity index (χ4n) is 2.83. The number of furan rings is 1. The Hall–Kier alpha value is -1.81. The summed E-state index contributed by atoms with van der Waals surface area (Å²) in [7, 11) is 0. The monoisotopic (exact) mass is 272 g/mol. The Balaban J connectivity index is 1.87. The number of carbonyl (C=O) groups is 1. The van der Waals surface area contributed by atoms with Crippen molar-refractivity contribution >= 4 is 16.9 Å². The third-order valence-corrected chi connectivity index (χ3v) is 3.84. The van der Waals surface area contributed by atoms with Crippen molar-refractivity contribution in [3.05, 3.63) is 36.1 Å². The lowest BCUT2D eigenvalue weighted by Crippen LogP contribution is -2.41. The van der Waals surface area contributed by atoms with Crippen LogP contribution in [0.15, 0.2) is 34.7 Å². The molecule has 4 nitrogen and oxygen atoms in total. The highest BCUT2D eigenvalue weighted by molar-refractivity contribution is 5.96. The van der Waals surface area contributed by atoms with E-state index in [0.717, 1.165) is 43.4 Å². The summed E-state index contributed by atoms with van der Waals surface area (Å²) >= 11 is 0. The van der Waals surface area contributed by atoms with Crippen LogP contribution >= 0.6 is 0 Å². The normalized spacial score (nSPS) is 18.6. The molecule has 3 rings (SSSR count). The minimum Gasteiger partial charge on any atom is -0.451 e. The minimum atomic E-state index is 0.0109. The van der Waals surface area contributed by atoms with Gasteiger partial charge >= 0.3 is 0 Å². The molecule has 1 amide bonds. The Morgan fingerprint density at radius 2 is 2.30 bits per heavy atom. The van der Waals surface area contributed by atoms with Gasteiger partial charge in [-0.25, -0.2) is 0 Å². The summed E-state index contributed by atoms with van der Waals surface area (Å²) in [6, 6.07) is 9.88. The Morgan fingerprint density at radius 1 is 1.45 bits per heavy atom. The molecule has 0 radical (unpaired) electrons. The highest BCUT2D eigenvalue weighted by atomic mass is 16.3. The highest BCUT2D eigenvalue weighted by Crippen LogP contribution is 2.22. The number of carbonyl (C=O) groups excluding carboxylic acids is 1. The van der Waals surface area contributed by atoms with Crippen LogP contribution < -0.4 is 5.32 Å². The van der Waals surface area contributed by atoms with Gasteiger partial charge in [0.05, 0.1) is 0 Å². The van der Waals surface area contributed by atoms with E-state index in [2.05, 4.69) is 12.2 Å². The zero-order chi connectivity index (χ0) is 13.9. The number of benzene rings is 1. The maximum atomic E-state index is 12.7. The van der Waals surface area contributed by atoms with Crippen molar-refractivity contribution in [2.24, 2.45) is 0 Å². The molecule has 1 atom stereocenters. The van der Waals surface area contributed by atoms with Crippen LogP contribution in [0.25, 0.3) is 11.0 Å². The van der Waals surface area contributed by atoms with Gasteiger partial charge in [-0.1, -0.05) is 25.1 Å². The van der Waals surface area contributed by atoms with Gasteiger partial charge in [0.1, 0.15) is 5.58 Å². The van der Waals surface area contributed by atoms with E-state index in [1.807, 2.05) is 35.2 Å². The van der Waals surface area contributed by atoms with Crippen LogP contribution in [-0.4, -0.2) is 36.5 Å². The van der Waals surface area contributed by atoms with Gasteiger partial charge in [-0.3, -0.25) is 4.79 Å². The standard InChI is InChI=1S/C16H20N2O2/c1-2-9-18(13-7-8-17-11-13)16(19)15-10-12-5-3-4-6-14(12)20-15/h3-6,10,13,17H,2,7-9,11H2,1H3. The number of para-hydroxylation sites is 1. The van der Waals surface area contributed by atoms with Crippen molar-refractivity contribution in [3.8, 4) is 0 Å². The van der Waals surface area contributed by atoms with E-state index in [1.54, 1.807) is 0 Å². The molecule has 106 valence electrons. The van der Waals surface area contributed by atoms with Crippen LogP contribution in [0.4, 0.5) is 0 Å². The van der Waals surface area contributed by atoms with E-state index in [1.165, 1.54) is 0 Å². The van der Waals surface area contributed by atoms with E-state index >= 15 is 0 Å². The van der Waals surface area contributed by atoms with E-state index in [4.69, 9.17) is 4.42 Å². The first kappa shape index (κ1) is 13.2. The SMILES string of the molecule is CCCN(C(=O)c1cc2ccccc2o1)C1CCNC1. The third-order valence-electron chi connectivity index (χ3n) is 3.84. The Morgan fingerprint density at radius 3 is 3.00 bits per heavy atom. The van der Waals surface area contributed by atoms with E-state index in [9.17, 15) is 4.79 Å². The van der Waals surface area contributed by atoms with Crippen LogP contribution in [0.1, 0.15) is 30.3 Å². The van der Waals surface area contributed by atoms with Crippen molar-refractivity contribution in [2.45, 2.75) is 25.8 Å². The van der Waals surface area contributed by atoms with E-state index < -0.39 is 0 Å². The molecular weight excluding hydrogens is 252 g/mol. The topological polar surface area (TPSA) is 45.5 Å². The van der Waals surface area contributed by atoms with Crippen LogP contribution in [-0.2, 0) is 0 Å². The molecule has 1 aliphatic rings. The van der Waals surface area contributed by atoms with Crippen molar-refractivity contribution in [1.29, 1.82) is 0 Å². The molecule has 2 heterocycles. The van der Waals surface area contributed by atoms with Crippen molar-refractivity contribution in [1.82, 2.24) is 10.2 Å². The van der Waals surface area contributed by atoms with Gasteiger partial charge in [0, 0.05) is 24.5 Å². The first-order chi connectivity index (χ1) is 9.79. The number of nitrogens with one attached hydrogen (secondary N) is 1. The maximum absolute atomic E-state index is 12.7. The molecule has 1 aromatic heterocycles. The number of nitrogens with zero attached hydrogens (tertiary/aromatic N) is 1. The predicted octanol–water partition coefficient (Wildman–Crippen LogP) is 2.65. The Bertz CT molecular complexity index is 566. The average molecular weight is 272 g/mol. The molecule has 20 heavy (non-hydrogen) atoms. The van der Waals surface area contributed by atoms with Crippen LogP contribution in [0.2, 0.25) is 0 Å². The first-order valence-electron chi connectivity index (χ1n) is 7.30. The van der Waals surface area contributed by atoms with Crippen molar-refractivity contribution in [3.63, 3.8) is 0 Å². The Kier molecular flexibility index (Phi) is 3.74. The van der Waals surface area contributed by atoms with Gasteiger partial charge < -0.3 is 14.6 Å². The highest BCUT2D eigenvalue weighted by Gasteiger charge is 2.28. The summed E-state index contributed by atoms with van der Waals surface area (Å²) in [5, 5.41) is 4.30. The summed E-state index contributed by atoms with van der Waals surface area (Å²) in [6.07, 6.45) is 1.98. The number of rotatable bonds is 4. The number of hydrogen-bond donors (Lipinski definition) is 1. The van der Waals surface area contributed by atoms with Crippen molar-refractivity contribution in [2.75, 3.05) is 19.6 Å². The number of hydrogen-bond acceptors (Lipinski definition) is 3. The molecule has 0 aliphatic carbocycles. The second-order valence-corrected chi connectivity index (χ2v) is 5.29. The van der Waals surface area contributed by atoms with E-state index in [-0.39, 0.29) is 11.9 Å². The Labute approximate surface area is 118 Å². The van der Waals surface area contributed by atoms with Crippen LogP contribution in [0.5, 0.6) is 0 Å². The molecule has 0 saturated carbocycles. The molecule has 1 aliphatic heterocycles. The second kappa shape index (κ2) is 5.67. The zero-order valence-corrected chi connectivity index (χ0v) is 11.8. The second-order valence-electron chi connectivity index (χ2n) is 5.29. The van der Waals surface area contributed by atoms with Crippen molar-refractivity contribution < 1.29 is 9.21 Å². The molecule has 1 aromatic carbocycles. The lowest BCUT2D eigenvalue weighted by molar-refractivity contribution is 0.0662. The fraction of sp³-hybridized carbons (Fsp3) is 0.438. The average Bonchev–Trinajstić information content (AvgIpc) is 3.12. The van der Waals surface area contributed by atoms with Gasteiger partial charge in [-0.05, 0) is 31.5 Å². The summed E-state index contributed by atoms with van der Waals surface area (Å²) < 4.78 is 5.71. The zero-order valence-electron chi connectivity index (χ0n) is 11.8. The van der Waals surface area contributed by atoms with E-state index in [0.29, 0.717) is 5.76 Å². The smallest absolute Gasteiger partial charge is 0.289 e. The summed E-state index contributed by atoms with van der Waals surface area (Å²) in [5.74, 6) is 0.461. The lowest BCUT2D eigenvalue weighted by Gasteiger charge is -2.27. The van der Waals surface area contributed by atoms with Gasteiger partial charge in [-0.2, -0.15) is 0 Å². The van der Waals surface area contributed by atoms with Gasteiger partial charge in [0.15, 0.2) is 5.76 Å². The van der Waals surface area contributed by atoms with Crippen LogP contribution in [0, 0.1) is 0 Å². The largest absolute Gasteiger partial charge is 0.451 e. The molecule has 0 bridgehead atoms. The minimum absolute atomic E-state index is 0.0109. The number of fused-ring (bicyclic) bond motifs is 1. The summed E-state index contributed by atoms with van der Waals surface area (Å²) in [4.78, 5) is 14.7. The fourth-order valence-corrected chi connectivity index (χ4v) is 2.83. The van der Waals surface area contributed by atoms with Gasteiger partial charge in [-0.15, -0.1) is 0 Å². The first-order valence-corrected chi connectivity index (χ1v) is 7.30. The molecule has 1 unspecified atom stereocenters. The van der Waals surface area contributed by atoms with Crippen LogP contribution in [0.3, 0.4) is 0 Å². The lowest BCUT2D eigenvalue weighted by atomic mass is 10.2. The summed E-state index contributed by atoms with van der Waals surface area (Å²) in [5.41, 5.74) is 0.775. The van der Waals surface area contributed by atoms with Gasteiger partial charge in [0.2, 0.25) is 0 Å². The molecule has 2 aromatic rings. The number of amides is 1. The quantitative estimate of drug-likeness (QED) is 0.930. The molecule has 1 fully saturated rings. The molecule has 1 saturated heterocycles. The third kappa shape index (κ3) is 2.43. The molecule has 4 heteroatoms. The summed E-state index contributed by atoms with van der Waals surface area (Å²) in [6.45, 7) is 4.74. The molecule has 1 N–H and O–H groups in total. The van der Waals surface area contributed by atoms with Gasteiger partial charge in [0.25, 0.3) is 5.91 Å². The molecular formula is C16H20N2O2.